The molecule has 1 fully saturated rings. The molecule has 0 saturated carbocycles. The van der Waals surface area contributed by atoms with Crippen LogP contribution in [0, 0.1) is 5.92 Å². The molecule has 0 aromatic carbocycles. The Labute approximate surface area is 67.1 Å². The minimum Gasteiger partial charge on any atom is -0.466 e. The number of nitrogens with one attached hydrogen (secondary N) is 1. The fourth-order valence-electron chi connectivity index (χ4n) is 1.43. The van der Waals surface area contributed by atoms with Crippen molar-refractivity contribution < 1.29 is 9.53 Å². The molecule has 1 aliphatic rings. The summed E-state index contributed by atoms with van der Waals surface area (Å²) in [4.78, 5) is 11.2. The maximum atomic E-state index is 11.2. The summed E-state index contributed by atoms with van der Waals surface area (Å²) in [7, 11) is 0. The number of carbonyl (C=O) groups is 1. The van der Waals surface area contributed by atoms with Crippen molar-refractivity contribution in [2.75, 3.05) is 13.2 Å². The summed E-state index contributed by atoms with van der Waals surface area (Å²) in [5.41, 5.74) is 0. The minimum absolute atomic E-state index is 0.0509. The second-order valence-corrected chi connectivity index (χ2v) is 2.89. The van der Waals surface area contributed by atoms with Gasteiger partial charge in [0.2, 0.25) is 0 Å². The number of hydrogen-bond donors (Lipinski definition) is 1. The molecule has 0 bridgehead atoms. The van der Waals surface area contributed by atoms with E-state index in [0.717, 1.165) is 13.0 Å². The molecule has 0 amide bonds. The van der Waals surface area contributed by atoms with Crippen LogP contribution in [0.5, 0.6) is 0 Å². The SMILES string of the molecule is CCOC(=O)[C@@H]1CCN[C@@H]1C. The first-order valence-electron chi connectivity index (χ1n) is 4.15. The van der Waals surface area contributed by atoms with Gasteiger partial charge in [-0.25, -0.2) is 0 Å². The third-order valence-corrected chi connectivity index (χ3v) is 2.11. The quantitative estimate of drug-likeness (QED) is 0.595. The van der Waals surface area contributed by atoms with Crippen molar-refractivity contribution >= 4 is 5.97 Å². The fourth-order valence-corrected chi connectivity index (χ4v) is 1.43. The number of hydrogen-bond acceptors (Lipinski definition) is 3. The lowest BCUT2D eigenvalue weighted by Crippen LogP contribution is -2.29. The van der Waals surface area contributed by atoms with Gasteiger partial charge in [0, 0.05) is 6.04 Å². The zero-order chi connectivity index (χ0) is 8.27. The number of carbonyl (C=O) groups excluding carboxylic acids is 1. The van der Waals surface area contributed by atoms with Crippen LogP contribution in [-0.2, 0) is 9.53 Å². The zero-order valence-electron chi connectivity index (χ0n) is 7.09. The highest BCUT2D eigenvalue weighted by Gasteiger charge is 2.30. The Morgan fingerprint density at radius 1 is 1.73 bits per heavy atom. The molecule has 11 heavy (non-hydrogen) atoms. The molecule has 1 saturated heterocycles. The summed E-state index contributed by atoms with van der Waals surface area (Å²) < 4.78 is 4.92. The van der Waals surface area contributed by atoms with Gasteiger partial charge in [-0.2, -0.15) is 0 Å². The van der Waals surface area contributed by atoms with Crippen LogP contribution >= 0.6 is 0 Å². The number of esters is 1. The predicted octanol–water partition coefficient (Wildman–Crippen LogP) is 0.547. The van der Waals surface area contributed by atoms with Crippen molar-refractivity contribution in [2.45, 2.75) is 26.3 Å². The standard InChI is InChI=1S/C8H15NO2/c1-3-11-8(10)7-4-5-9-6(7)2/h6-7,9H,3-5H2,1-2H3/t6-,7-/m1/s1. The summed E-state index contributed by atoms with van der Waals surface area (Å²) in [6.07, 6.45) is 0.917. The molecular formula is C8H15NO2. The van der Waals surface area contributed by atoms with Crippen LogP contribution in [0.4, 0.5) is 0 Å². The summed E-state index contributed by atoms with van der Waals surface area (Å²) in [6, 6.07) is 0.286. The van der Waals surface area contributed by atoms with Crippen LogP contribution in [0.15, 0.2) is 0 Å². The van der Waals surface area contributed by atoms with E-state index in [0.29, 0.717) is 6.61 Å². The summed E-state index contributed by atoms with van der Waals surface area (Å²) in [5.74, 6) is 0.0277. The van der Waals surface area contributed by atoms with Crippen LogP contribution in [0.25, 0.3) is 0 Å². The van der Waals surface area contributed by atoms with E-state index < -0.39 is 0 Å². The highest BCUT2D eigenvalue weighted by atomic mass is 16.5. The van der Waals surface area contributed by atoms with Gasteiger partial charge in [0.15, 0.2) is 0 Å². The van der Waals surface area contributed by atoms with Gasteiger partial charge in [-0.05, 0) is 26.8 Å². The smallest absolute Gasteiger partial charge is 0.310 e. The van der Waals surface area contributed by atoms with Crippen LogP contribution in [-0.4, -0.2) is 25.2 Å². The number of rotatable bonds is 2. The molecule has 0 aliphatic carbocycles. The van der Waals surface area contributed by atoms with Crippen LogP contribution in [0.1, 0.15) is 20.3 Å². The van der Waals surface area contributed by atoms with Gasteiger partial charge >= 0.3 is 5.97 Å². The molecular weight excluding hydrogens is 142 g/mol. The Morgan fingerprint density at radius 3 is 2.91 bits per heavy atom. The molecule has 0 aromatic heterocycles. The van der Waals surface area contributed by atoms with Gasteiger partial charge in [-0.3, -0.25) is 4.79 Å². The van der Waals surface area contributed by atoms with Crippen molar-refractivity contribution in [3.8, 4) is 0 Å². The van der Waals surface area contributed by atoms with E-state index in [1.54, 1.807) is 0 Å². The summed E-state index contributed by atoms with van der Waals surface area (Å²) >= 11 is 0. The average Bonchev–Trinajstić information content (AvgIpc) is 2.36. The molecule has 1 N–H and O–H groups in total. The predicted molar refractivity (Wildman–Crippen MR) is 42.2 cm³/mol. The van der Waals surface area contributed by atoms with Crippen LogP contribution in [0.2, 0.25) is 0 Å². The topological polar surface area (TPSA) is 38.3 Å². The molecule has 1 aliphatic heterocycles. The maximum absolute atomic E-state index is 11.2. The van der Waals surface area contributed by atoms with E-state index in [-0.39, 0.29) is 17.9 Å². The molecule has 64 valence electrons. The number of ether oxygens (including phenoxy) is 1. The van der Waals surface area contributed by atoms with Gasteiger partial charge in [0.1, 0.15) is 0 Å². The Morgan fingerprint density at radius 2 is 2.45 bits per heavy atom. The Balaban J connectivity index is 2.39. The molecule has 3 heteroatoms. The van der Waals surface area contributed by atoms with Crippen molar-refractivity contribution in [2.24, 2.45) is 5.92 Å². The molecule has 3 nitrogen and oxygen atoms in total. The first-order valence-corrected chi connectivity index (χ1v) is 4.15. The Hall–Kier alpha value is -0.570. The van der Waals surface area contributed by atoms with E-state index in [9.17, 15) is 4.79 Å². The van der Waals surface area contributed by atoms with Gasteiger partial charge in [-0.1, -0.05) is 0 Å². The van der Waals surface area contributed by atoms with E-state index in [1.807, 2.05) is 13.8 Å². The van der Waals surface area contributed by atoms with Crippen molar-refractivity contribution in [3.63, 3.8) is 0 Å². The van der Waals surface area contributed by atoms with Crippen LogP contribution in [0.3, 0.4) is 0 Å². The van der Waals surface area contributed by atoms with E-state index in [1.165, 1.54) is 0 Å². The van der Waals surface area contributed by atoms with Crippen LogP contribution < -0.4 is 5.32 Å². The van der Waals surface area contributed by atoms with Gasteiger partial charge < -0.3 is 10.1 Å². The largest absolute Gasteiger partial charge is 0.466 e. The second-order valence-electron chi connectivity index (χ2n) is 2.89. The molecule has 0 aromatic rings. The Kier molecular flexibility index (Phi) is 2.88. The lowest BCUT2D eigenvalue weighted by Gasteiger charge is -2.12. The van der Waals surface area contributed by atoms with Crippen molar-refractivity contribution in [3.05, 3.63) is 0 Å². The zero-order valence-corrected chi connectivity index (χ0v) is 7.09. The molecule has 2 atom stereocenters. The molecule has 1 heterocycles. The van der Waals surface area contributed by atoms with E-state index in [2.05, 4.69) is 5.32 Å². The second kappa shape index (κ2) is 3.72. The first-order chi connectivity index (χ1) is 5.25. The average molecular weight is 157 g/mol. The highest BCUT2D eigenvalue weighted by molar-refractivity contribution is 5.73. The monoisotopic (exact) mass is 157 g/mol. The molecule has 0 unspecified atom stereocenters. The normalized spacial score (nSPS) is 30.4. The van der Waals surface area contributed by atoms with Crippen molar-refractivity contribution in [1.82, 2.24) is 5.32 Å². The van der Waals surface area contributed by atoms with Gasteiger partial charge in [0.25, 0.3) is 0 Å². The lowest BCUT2D eigenvalue weighted by molar-refractivity contribution is -0.148. The summed E-state index contributed by atoms with van der Waals surface area (Å²) in [5, 5.41) is 3.21. The fraction of sp³-hybridized carbons (Fsp3) is 0.875. The molecule has 0 radical (unpaired) electrons. The molecule has 0 spiro atoms. The summed E-state index contributed by atoms with van der Waals surface area (Å²) in [6.45, 7) is 5.28. The third kappa shape index (κ3) is 1.93. The highest BCUT2D eigenvalue weighted by Crippen LogP contribution is 2.16. The van der Waals surface area contributed by atoms with E-state index >= 15 is 0 Å². The molecule has 1 rings (SSSR count). The van der Waals surface area contributed by atoms with Gasteiger partial charge in [0.05, 0.1) is 12.5 Å². The first kappa shape index (κ1) is 8.53. The van der Waals surface area contributed by atoms with Crippen molar-refractivity contribution in [1.29, 1.82) is 0 Å². The Bertz CT molecular complexity index is 147. The van der Waals surface area contributed by atoms with Gasteiger partial charge in [-0.15, -0.1) is 0 Å². The maximum Gasteiger partial charge on any atom is 0.310 e. The lowest BCUT2D eigenvalue weighted by atomic mass is 10.0. The minimum atomic E-state index is -0.0509. The third-order valence-electron chi connectivity index (χ3n) is 2.11. The van der Waals surface area contributed by atoms with E-state index in [4.69, 9.17) is 4.74 Å².